The largest absolute Gasteiger partial charge is 0.497 e. The van der Waals surface area contributed by atoms with Crippen LogP contribution >= 0.6 is 0 Å². The van der Waals surface area contributed by atoms with Gasteiger partial charge in [-0.25, -0.2) is 13.6 Å². The number of methoxy groups -OCH3 is 1. The lowest BCUT2D eigenvalue weighted by Crippen LogP contribution is -2.45. The first-order chi connectivity index (χ1) is 17.4. The van der Waals surface area contributed by atoms with Crippen LogP contribution in [0.4, 0.5) is 13.6 Å². The minimum absolute atomic E-state index is 0.167. The Morgan fingerprint density at radius 1 is 1.03 bits per heavy atom. The van der Waals surface area contributed by atoms with Gasteiger partial charge in [-0.1, -0.05) is 29.4 Å². The van der Waals surface area contributed by atoms with Gasteiger partial charge >= 0.3 is 6.03 Å². The number of carbonyl (C=O) groups excluding carboxylic acids is 1. The van der Waals surface area contributed by atoms with Crippen molar-refractivity contribution in [2.75, 3.05) is 7.11 Å². The van der Waals surface area contributed by atoms with Crippen LogP contribution in [0.1, 0.15) is 30.0 Å². The Bertz CT molecular complexity index is 1430. The van der Waals surface area contributed by atoms with E-state index in [0.717, 1.165) is 5.56 Å². The van der Waals surface area contributed by atoms with Crippen LogP contribution in [0.25, 0.3) is 17.0 Å². The van der Waals surface area contributed by atoms with Gasteiger partial charge in [0.05, 0.1) is 25.3 Å². The highest BCUT2D eigenvalue weighted by molar-refractivity contribution is 5.86. The molecule has 0 saturated heterocycles. The van der Waals surface area contributed by atoms with Crippen molar-refractivity contribution in [3.8, 4) is 17.1 Å². The molecular weight excluding hydrogens is 466 g/mol. The fourth-order valence-corrected chi connectivity index (χ4v) is 4.15. The molecule has 3 aromatic carbocycles. The van der Waals surface area contributed by atoms with Crippen LogP contribution < -0.4 is 10.1 Å². The van der Waals surface area contributed by atoms with Crippen molar-refractivity contribution < 1.29 is 22.8 Å². The number of nitrogens with zero attached hydrogens (tertiary/aromatic N) is 3. The SMILES string of the molecule is COc1ccc(CN2C(=O)NC(c3cccc(F)c3)C(c3nc(-c4ccc(F)cc4)no3)=C2C)cc1. The van der Waals surface area contributed by atoms with E-state index in [4.69, 9.17) is 9.26 Å². The Morgan fingerprint density at radius 2 is 1.78 bits per heavy atom. The van der Waals surface area contributed by atoms with E-state index in [2.05, 4.69) is 15.5 Å². The molecule has 2 heterocycles. The molecule has 0 fully saturated rings. The number of hydrogen-bond donors (Lipinski definition) is 1. The van der Waals surface area contributed by atoms with Gasteiger partial charge in [-0.3, -0.25) is 4.90 Å². The quantitative estimate of drug-likeness (QED) is 0.375. The fraction of sp³-hybridized carbons (Fsp3) is 0.148. The summed E-state index contributed by atoms with van der Waals surface area (Å²) >= 11 is 0. The van der Waals surface area contributed by atoms with Crippen molar-refractivity contribution in [1.82, 2.24) is 20.4 Å². The van der Waals surface area contributed by atoms with Gasteiger partial charge in [0.15, 0.2) is 0 Å². The molecule has 1 N–H and O–H groups in total. The highest BCUT2D eigenvalue weighted by Gasteiger charge is 2.36. The van der Waals surface area contributed by atoms with E-state index in [1.54, 1.807) is 43.2 Å². The lowest BCUT2D eigenvalue weighted by atomic mass is 9.94. The maximum absolute atomic E-state index is 14.1. The Labute approximate surface area is 206 Å². The lowest BCUT2D eigenvalue weighted by molar-refractivity contribution is 0.203. The summed E-state index contributed by atoms with van der Waals surface area (Å²) in [6.45, 7) is 2.06. The standard InChI is InChI=1S/C27H22F2N4O3/c1-16-23(26-31-25(32-36-26)18-8-10-20(28)11-9-18)24(19-4-3-5-21(29)14-19)30-27(34)33(16)15-17-6-12-22(35-2)13-7-17/h3-14,24H,15H2,1-2H3,(H,30,34). The van der Waals surface area contributed by atoms with Crippen LogP contribution in [0.3, 0.4) is 0 Å². The van der Waals surface area contributed by atoms with Gasteiger partial charge in [0.2, 0.25) is 5.82 Å². The number of hydrogen-bond acceptors (Lipinski definition) is 5. The zero-order valence-electron chi connectivity index (χ0n) is 19.5. The average Bonchev–Trinajstić information content (AvgIpc) is 3.36. The third-order valence-corrected chi connectivity index (χ3v) is 6.04. The minimum Gasteiger partial charge on any atom is -0.497 e. The number of ether oxygens (including phenoxy) is 1. The van der Waals surface area contributed by atoms with Crippen LogP contribution in [-0.4, -0.2) is 28.2 Å². The van der Waals surface area contributed by atoms with Crippen molar-refractivity contribution >= 4 is 11.6 Å². The second-order valence-corrected chi connectivity index (χ2v) is 8.30. The third kappa shape index (κ3) is 4.55. The summed E-state index contributed by atoms with van der Waals surface area (Å²) in [7, 11) is 1.59. The van der Waals surface area contributed by atoms with E-state index in [-0.39, 0.29) is 30.1 Å². The number of benzene rings is 3. The van der Waals surface area contributed by atoms with Gasteiger partial charge in [0.25, 0.3) is 5.89 Å². The lowest BCUT2D eigenvalue weighted by Gasteiger charge is -2.35. The predicted molar refractivity (Wildman–Crippen MR) is 128 cm³/mol. The molecule has 7 nitrogen and oxygen atoms in total. The molecule has 1 atom stereocenters. The molecule has 1 aromatic heterocycles. The molecule has 182 valence electrons. The highest BCUT2D eigenvalue weighted by atomic mass is 19.1. The van der Waals surface area contributed by atoms with Gasteiger partial charge < -0.3 is 14.6 Å². The number of aromatic nitrogens is 2. The molecule has 36 heavy (non-hydrogen) atoms. The molecule has 2 amide bonds. The third-order valence-electron chi connectivity index (χ3n) is 6.04. The zero-order chi connectivity index (χ0) is 25.2. The molecule has 0 bridgehead atoms. The summed E-state index contributed by atoms with van der Waals surface area (Å²) in [4.78, 5) is 19.3. The number of urea groups is 1. The number of carbonyl (C=O) groups is 1. The number of amides is 2. The molecule has 1 unspecified atom stereocenters. The molecule has 9 heteroatoms. The Balaban J connectivity index is 1.57. The van der Waals surface area contributed by atoms with Crippen LogP contribution in [0.15, 0.2) is 83.0 Å². The van der Waals surface area contributed by atoms with Gasteiger partial charge in [0, 0.05) is 11.3 Å². The maximum atomic E-state index is 14.1. The van der Waals surface area contributed by atoms with Gasteiger partial charge in [-0.2, -0.15) is 4.98 Å². The molecule has 4 aromatic rings. The van der Waals surface area contributed by atoms with Crippen molar-refractivity contribution in [3.05, 3.63) is 107 Å². The van der Waals surface area contributed by atoms with E-state index in [0.29, 0.717) is 28.1 Å². The van der Waals surface area contributed by atoms with Crippen LogP contribution in [-0.2, 0) is 6.54 Å². The maximum Gasteiger partial charge on any atom is 0.322 e. The first-order valence-corrected chi connectivity index (χ1v) is 11.2. The summed E-state index contributed by atoms with van der Waals surface area (Å²) < 4.78 is 38.3. The molecule has 5 rings (SSSR count). The van der Waals surface area contributed by atoms with E-state index in [1.807, 2.05) is 24.3 Å². The summed E-state index contributed by atoms with van der Waals surface area (Å²) in [5.41, 5.74) is 3.10. The van der Waals surface area contributed by atoms with E-state index in [9.17, 15) is 13.6 Å². The summed E-state index contributed by atoms with van der Waals surface area (Å²) in [6.07, 6.45) is 0. The van der Waals surface area contributed by atoms with Crippen molar-refractivity contribution in [3.63, 3.8) is 0 Å². The van der Waals surface area contributed by atoms with Crippen LogP contribution in [0.5, 0.6) is 5.75 Å². The van der Waals surface area contributed by atoms with Crippen molar-refractivity contribution in [1.29, 1.82) is 0 Å². The Hall–Kier alpha value is -4.53. The van der Waals surface area contributed by atoms with Gasteiger partial charge in [-0.05, 0) is 66.6 Å². The second-order valence-electron chi connectivity index (χ2n) is 8.30. The Kier molecular flexibility index (Phi) is 6.20. The summed E-state index contributed by atoms with van der Waals surface area (Å²) in [5.74, 6) is 0.330. The molecule has 1 aliphatic heterocycles. The molecule has 0 spiro atoms. The van der Waals surface area contributed by atoms with Crippen LogP contribution in [0, 0.1) is 11.6 Å². The van der Waals surface area contributed by atoms with E-state index >= 15 is 0 Å². The van der Waals surface area contributed by atoms with Crippen molar-refractivity contribution in [2.24, 2.45) is 0 Å². The first-order valence-electron chi connectivity index (χ1n) is 11.2. The predicted octanol–water partition coefficient (Wildman–Crippen LogP) is 5.72. The average molecular weight is 488 g/mol. The van der Waals surface area contributed by atoms with Gasteiger partial charge in [0.1, 0.15) is 17.4 Å². The highest BCUT2D eigenvalue weighted by Crippen LogP contribution is 2.38. The van der Waals surface area contributed by atoms with Crippen LogP contribution in [0.2, 0.25) is 0 Å². The monoisotopic (exact) mass is 488 g/mol. The topological polar surface area (TPSA) is 80.5 Å². The Morgan fingerprint density at radius 3 is 2.47 bits per heavy atom. The van der Waals surface area contributed by atoms with E-state index < -0.39 is 11.9 Å². The molecule has 0 saturated carbocycles. The number of allylic oxidation sites excluding steroid dienone is 1. The van der Waals surface area contributed by atoms with Crippen molar-refractivity contribution in [2.45, 2.75) is 19.5 Å². The smallest absolute Gasteiger partial charge is 0.322 e. The number of rotatable bonds is 6. The molecule has 0 radical (unpaired) electrons. The first kappa shape index (κ1) is 23.2. The van der Waals surface area contributed by atoms with E-state index in [1.165, 1.54) is 24.3 Å². The molecular formula is C27H22F2N4O3. The summed E-state index contributed by atoms with van der Waals surface area (Å²) in [5, 5.41) is 7.01. The normalized spacial score (nSPS) is 15.7. The minimum atomic E-state index is -0.721. The second kappa shape index (κ2) is 9.61. The van der Waals surface area contributed by atoms with Gasteiger partial charge in [-0.15, -0.1) is 0 Å². The molecule has 0 aliphatic carbocycles. The number of halogens is 2. The molecule has 1 aliphatic rings. The zero-order valence-corrected chi connectivity index (χ0v) is 19.5. The number of nitrogens with one attached hydrogen (secondary N) is 1. The summed E-state index contributed by atoms with van der Waals surface area (Å²) in [6, 6.07) is 18.0. The fourth-order valence-electron chi connectivity index (χ4n) is 4.15.